The van der Waals surface area contributed by atoms with Crippen LogP contribution in [0.4, 0.5) is 4.79 Å². The number of aromatic nitrogens is 1. The van der Waals surface area contributed by atoms with Crippen LogP contribution >= 0.6 is 34.5 Å². The van der Waals surface area contributed by atoms with Crippen molar-refractivity contribution in [2.75, 3.05) is 6.54 Å². The van der Waals surface area contributed by atoms with Gasteiger partial charge in [0.1, 0.15) is 11.0 Å². The van der Waals surface area contributed by atoms with E-state index in [4.69, 9.17) is 23.2 Å². The van der Waals surface area contributed by atoms with E-state index >= 15 is 0 Å². The minimum Gasteiger partial charge on any atom is -0.480 e. The molecule has 0 aliphatic rings. The van der Waals surface area contributed by atoms with E-state index in [1.54, 1.807) is 18.2 Å². The van der Waals surface area contributed by atoms with Gasteiger partial charge in [-0.15, -0.1) is 11.3 Å². The summed E-state index contributed by atoms with van der Waals surface area (Å²) < 4.78 is 0. The Morgan fingerprint density at radius 2 is 1.81 bits per heavy atom. The van der Waals surface area contributed by atoms with E-state index < -0.39 is 18.1 Å². The number of nitrogens with zero attached hydrogens (tertiary/aromatic N) is 2. The van der Waals surface area contributed by atoms with Crippen molar-refractivity contribution >= 4 is 46.6 Å². The summed E-state index contributed by atoms with van der Waals surface area (Å²) >= 11 is 13.4. The molecule has 0 spiro atoms. The fourth-order valence-corrected chi connectivity index (χ4v) is 4.03. The van der Waals surface area contributed by atoms with Crippen molar-refractivity contribution in [3.63, 3.8) is 0 Å². The number of aliphatic carboxylic acids is 1. The standard InChI is InChI=1S/C18H20Cl2N2O4S/c1-10(2)5-15(17(23)24)22(18(25)26)4-3-14-9-27-16(21-14)11-6-12(19)8-13(20)7-11/h6-10,15H,3-5H2,1-2H3,(H,23,24)(H,25,26). The molecule has 1 heterocycles. The van der Waals surface area contributed by atoms with Gasteiger partial charge >= 0.3 is 12.1 Å². The molecule has 146 valence electrons. The van der Waals surface area contributed by atoms with Crippen LogP contribution in [0.1, 0.15) is 26.0 Å². The number of carboxylic acids is 1. The quantitative estimate of drug-likeness (QED) is 0.604. The van der Waals surface area contributed by atoms with Crippen LogP contribution in [0.5, 0.6) is 0 Å². The Bertz CT molecular complexity index is 805. The highest BCUT2D eigenvalue weighted by Crippen LogP contribution is 2.29. The zero-order valence-electron chi connectivity index (χ0n) is 14.9. The second kappa shape index (κ2) is 9.39. The summed E-state index contributed by atoms with van der Waals surface area (Å²) in [6, 6.07) is 4.06. The highest BCUT2D eigenvalue weighted by molar-refractivity contribution is 7.13. The molecule has 0 saturated heterocycles. The monoisotopic (exact) mass is 430 g/mol. The second-order valence-corrected chi connectivity index (χ2v) is 8.24. The van der Waals surface area contributed by atoms with Gasteiger partial charge in [-0.05, 0) is 30.5 Å². The van der Waals surface area contributed by atoms with Gasteiger partial charge in [0.25, 0.3) is 0 Å². The Morgan fingerprint density at radius 3 is 2.33 bits per heavy atom. The maximum Gasteiger partial charge on any atom is 0.408 e. The molecule has 1 aromatic carbocycles. The number of carbonyl (C=O) groups is 2. The van der Waals surface area contributed by atoms with Crippen molar-refractivity contribution in [3.05, 3.63) is 39.3 Å². The maximum atomic E-state index is 11.6. The highest BCUT2D eigenvalue weighted by atomic mass is 35.5. The van der Waals surface area contributed by atoms with Crippen LogP contribution in [-0.2, 0) is 11.2 Å². The lowest BCUT2D eigenvalue weighted by Crippen LogP contribution is -2.46. The topological polar surface area (TPSA) is 90.7 Å². The predicted octanol–water partition coefficient (Wildman–Crippen LogP) is 5.14. The molecule has 2 N–H and O–H groups in total. The van der Waals surface area contributed by atoms with Gasteiger partial charge < -0.3 is 10.2 Å². The molecule has 27 heavy (non-hydrogen) atoms. The Labute approximate surface area is 171 Å². The molecule has 2 aromatic rings. The minimum absolute atomic E-state index is 0.0541. The van der Waals surface area contributed by atoms with Crippen LogP contribution in [0.2, 0.25) is 10.0 Å². The van der Waals surface area contributed by atoms with Crippen LogP contribution in [0.15, 0.2) is 23.6 Å². The van der Waals surface area contributed by atoms with E-state index in [-0.39, 0.29) is 18.9 Å². The number of halogens is 2. The Balaban J connectivity index is 2.13. The molecule has 1 unspecified atom stereocenters. The third-order valence-corrected chi connectivity index (χ3v) is 5.25. The highest BCUT2D eigenvalue weighted by Gasteiger charge is 2.30. The second-order valence-electron chi connectivity index (χ2n) is 6.51. The van der Waals surface area contributed by atoms with Crippen molar-refractivity contribution in [2.24, 2.45) is 5.92 Å². The molecule has 0 aliphatic heterocycles. The van der Waals surface area contributed by atoms with Crippen molar-refractivity contribution in [1.29, 1.82) is 0 Å². The van der Waals surface area contributed by atoms with Gasteiger partial charge in [-0.1, -0.05) is 37.0 Å². The molecule has 1 amide bonds. The summed E-state index contributed by atoms with van der Waals surface area (Å²) in [5, 5.41) is 22.4. The third kappa shape index (κ3) is 6.09. The van der Waals surface area contributed by atoms with Crippen LogP contribution in [0.3, 0.4) is 0 Å². The first kappa shape index (κ1) is 21.5. The number of hydrogen-bond acceptors (Lipinski definition) is 4. The summed E-state index contributed by atoms with van der Waals surface area (Å²) in [5.74, 6) is -1.08. The molecule has 1 atom stereocenters. The summed E-state index contributed by atoms with van der Waals surface area (Å²) in [7, 11) is 0. The van der Waals surface area contributed by atoms with Gasteiger partial charge in [0.05, 0.1) is 5.69 Å². The molecule has 6 nitrogen and oxygen atoms in total. The molecule has 9 heteroatoms. The predicted molar refractivity (Wildman–Crippen MR) is 107 cm³/mol. The van der Waals surface area contributed by atoms with Crippen molar-refractivity contribution in [3.8, 4) is 10.6 Å². The molecule has 0 saturated carbocycles. The summed E-state index contributed by atoms with van der Waals surface area (Å²) in [6.45, 7) is 3.77. The smallest absolute Gasteiger partial charge is 0.408 e. The molecule has 2 rings (SSSR count). The SMILES string of the molecule is CC(C)CC(C(=O)O)N(CCc1csc(-c2cc(Cl)cc(Cl)c2)n1)C(=O)O. The number of rotatable bonds is 8. The van der Waals surface area contributed by atoms with Crippen LogP contribution < -0.4 is 0 Å². The molecular weight excluding hydrogens is 411 g/mol. The van der Waals surface area contributed by atoms with E-state index in [0.29, 0.717) is 27.2 Å². The Kier molecular flexibility index (Phi) is 7.47. The largest absolute Gasteiger partial charge is 0.480 e. The zero-order chi connectivity index (χ0) is 20.1. The van der Waals surface area contributed by atoms with Gasteiger partial charge in [0.15, 0.2) is 0 Å². The molecule has 1 aromatic heterocycles. The first-order valence-electron chi connectivity index (χ1n) is 8.30. The lowest BCUT2D eigenvalue weighted by Gasteiger charge is -2.27. The van der Waals surface area contributed by atoms with Crippen LogP contribution in [0, 0.1) is 5.92 Å². The van der Waals surface area contributed by atoms with E-state index in [1.165, 1.54) is 11.3 Å². The number of thiazole rings is 1. The van der Waals surface area contributed by atoms with Gasteiger partial charge in [-0.2, -0.15) is 0 Å². The van der Waals surface area contributed by atoms with Gasteiger partial charge in [0.2, 0.25) is 0 Å². The number of hydrogen-bond donors (Lipinski definition) is 2. The van der Waals surface area contributed by atoms with Crippen molar-refractivity contribution in [2.45, 2.75) is 32.7 Å². The molecule has 0 aliphatic carbocycles. The fourth-order valence-electron chi connectivity index (χ4n) is 2.66. The fraction of sp³-hybridized carbons (Fsp3) is 0.389. The summed E-state index contributed by atoms with van der Waals surface area (Å²) in [5.41, 5.74) is 1.47. The van der Waals surface area contributed by atoms with Crippen LogP contribution in [-0.4, -0.2) is 44.7 Å². The number of benzene rings is 1. The van der Waals surface area contributed by atoms with Crippen molar-refractivity contribution < 1.29 is 19.8 Å². The first-order chi connectivity index (χ1) is 12.7. The molecule has 0 bridgehead atoms. The first-order valence-corrected chi connectivity index (χ1v) is 9.94. The average Bonchev–Trinajstić information content (AvgIpc) is 3.01. The third-order valence-electron chi connectivity index (χ3n) is 3.87. The summed E-state index contributed by atoms with van der Waals surface area (Å²) in [4.78, 5) is 28.5. The van der Waals surface area contributed by atoms with E-state index in [1.807, 2.05) is 19.2 Å². The average molecular weight is 431 g/mol. The minimum atomic E-state index is -1.25. The van der Waals surface area contributed by atoms with E-state index in [2.05, 4.69) is 4.98 Å². The normalized spacial score (nSPS) is 12.2. The summed E-state index contributed by atoms with van der Waals surface area (Å²) in [6.07, 6.45) is -0.677. The van der Waals surface area contributed by atoms with E-state index in [0.717, 1.165) is 10.5 Å². The van der Waals surface area contributed by atoms with Gasteiger partial charge in [-0.3, -0.25) is 4.90 Å². The molecule has 0 radical (unpaired) electrons. The van der Waals surface area contributed by atoms with Gasteiger partial charge in [-0.25, -0.2) is 14.6 Å². The van der Waals surface area contributed by atoms with Crippen molar-refractivity contribution in [1.82, 2.24) is 9.88 Å². The van der Waals surface area contributed by atoms with E-state index in [9.17, 15) is 19.8 Å². The molecule has 0 fully saturated rings. The Morgan fingerprint density at radius 1 is 1.19 bits per heavy atom. The number of carboxylic acid groups (broad SMARTS) is 2. The zero-order valence-corrected chi connectivity index (χ0v) is 17.2. The van der Waals surface area contributed by atoms with Crippen LogP contribution in [0.25, 0.3) is 10.6 Å². The maximum absolute atomic E-state index is 11.6. The lowest BCUT2D eigenvalue weighted by atomic mass is 10.0. The van der Waals surface area contributed by atoms with Gasteiger partial charge in [0, 0.05) is 34.0 Å². The number of amides is 1. The lowest BCUT2D eigenvalue weighted by molar-refractivity contribution is -0.143. The Hall–Kier alpha value is -1.83. The molecular formula is C18H20Cl2N2O4S.